The van der Waals surface area contributed by atoms with Crippen molar-refractivity contribution in [1.82, 2.24) is 5.32 Å². The molecule has 2 rings (SSSR count). The van der Waals surface area contributed by atoms with Crippen LogP contribution in [0.2, 0.25) is 0 Å². The highest BCUT2D eigenvalue weighted by atomic mass is 14.9. The molecule has 0 aliphatic heterocycles. The van der Waals surface area contributed by atoms with Crippen LogP contribution in [0.25, 0.3) is 0 Å². The van der Waals surface area contributed by atoms with Crippen molar-refractivity contribution >= 4 is 0 Å². The van der Waals surface area contributed by atoms with Gasteiger partial charge in [-0.05, 0) is 30.4 Å². The van der Waals surface area contributed by atoms with E-state index in [0.29, 0.717) is 12.6 Å². The van der Waals surface area contributed by atoms with Gasteiger partial charge in [0.1, 0.15) is 0 Å². The fraction of sp³-hybridized carbons (Fsp3) is 0.333. The second-order valence-electron chi connectivity index (χ2n) is 5.18. The monoisotopic (exact) mass is 268 g/mol. The van der Waals surface area contributed by atoms with E-state index < -0.39 is 0 Å². The van der Waals surface area contributed by atoms with E-state index in [1.54, 1.807) is 0 Å². The zero-order valence-corrected chi connectivity index (χ0v) is 12.0. The Kier molecular flexibility index (Phi) is 6.28. The molecular formula is C18H24N2. The Morgan fingerprint density at radius 2 is 1.45 bits per heavy atom. The summed E-state index contributed by atoms with van der Waals surface area (Å²) < 4.78 is 0. The predicted molar refractivity (Wildman–Crippen MR) is 85.5 cm³/mol. The average Bonchev–Trinajstić information content (AvgIpc) is 2.52. The highest BCUT2D eigenvalue weighted by molar-refractivity contribution is 5.15. The van der Waals surface area contributed by atoms with Gasteiger partial charge in [-0.25, -0.2) is 0 Å². The Morgan fingerprint density at radius 1 is 0.850 bits per heavy atom. The van der Waals surface area contributed by atoms with Crippen molar-refractivity contribution in [3.63, 3.8) is 0 Å². The van der Waals surface area contributed by atoms with E-state index in [1.165, 1.54) is 17.5 Å². The highest BCUT2D eigenvalue weighted by Gasteiger charge is 2.05. The minimum atomic E-state index is 0.402. The summed E-state index contributed by atoms with van der Waals surface area (Å²) >= 11 is 0. The molecule has 0 aliphatic carbocycles. The molecule has 106 valence electrons. The molecule has 0 radical (unpaired) electrons. The van der Waals surface area contributed by atoms with Crippen LogP contribution in [-0.4, -0.2) is 12.6 Å². The quantitative estimate of drug-likeness (QED) is 0.772. The molecule has 0 heterocycles. The zero-order valence-electron chi connectivity index (χ0n) is 12.0. The summed E-state index contributed by atoms with van der Waals surface area (Å²) in [6.45, 7) is 1.59. The van der Waals surface area contributed by atoms with Crippen molar-refractivity contribution in [2.24, 2.45) is 5.73 Å². The van der Waals surface area contributed by atoms with Crippen molar-refractivity contribution in [2.75, 3.05) is 6.54 Å². The third-order valence-corrected chi connectivity index (χ3v) is 3.58. The summed E-state index contributed by atoms with van der Waals surface area (Å²) in [5.74, 6) is 0. The second-order valence-corrected chi connectivity index (χ2v) is 5.18. The summed E-state index contributed by atoms with van der Waals surface area (Å²) in [4.78, 5) is 0. The SMILES string of the molecule is NCC(CCCc1ccccc1)NCc1ccccc1. The first-order chi connectivity index (χ1) is 9.88. The summed E-state index contributed by atoms with van der Waals surface area (Å²) in [5, 5.41) is 3.55. The van der Waals surface area contributed by atoms with Crippen LogP contribution in [0.5, 0.6) is 0 Å². The number of nitrogens with one attached hydrogen (secondary N) is 1. The first-order valence-electron chi connectivity index (χ1n) is 7.40. The summed E-state index contributed by atoms with van der Waals surface area (Å²) in [5.41, 5.74) is 8.58. The van der Waals surface area contributed by atoms with E-state index in [1.807, 2.05) is 6.07 Å². The molecular weight excluding hydrogens is 244 g/mol. The minimum absolute atomic E-state index is 0.402. The van der Waals surface area contributed by atoms with Gasteiger partial charge in [-0.1, -0.05) is 60.7 Å². The van der Waals surface area contributed by atoms with Crippen LogP contribution < -0.4 is 11.1 Å². The Hall–Kier alpha value is -1.64. The van der Waals surface area contributed by atoms with Gasteiger partial charge in [0.25, 0.3) is 0 Å². The number of hydrogen-bond acceptors (Lipinski definition) is 2. The van der Waals surface area contributed by atoms with Gasteiger partial charge in [0.2, 0.25) is 0 Å². The molecule has 0 bridgehead atoms. The van der Waals surface area contributed by atoms with E-state index in [2.05, 4.69) is 59.9 Å². The number of hydrogen-bond donors (Lipinski definition) is 2. The maximum absolute atomic E-state index is 5.85. The largest absolute Gasteiger partial charge is 0.329 e. The van der Waals surface area contributed by atoms with Gasteiger partial charge in [-0.2, -0.15) is 0 Å². The van der Waals surface area contributed by atoms with Crippen LogP contribution in [0.15, 0.2) is 60.7 Å². The molecule has 1 unspecified atom stereocenters. The molecule has 0 aliphatic rings. The summed E-state index contributed by atoms with van der Waals surface area (Å²) in [6.07, 6.45) is 3.43. The predicted octanol–water partition coefficient (Wildman–Crippen LogP) is 3.13. The standard InChI is InChI=1S/C18H24N2/c19-14-18(20-15-17-10-5-2-6-11-17)13-7-12-16-8-3-1-4-9-16/h1-6,8-11,18,20H,7,12-15,19H2. The van der Waals surface area contributed by atoms with Gasteiger partial charge in [0, 0.05) is 19.1 Å². The van der Waals surface area contributed by atoms with Gasteiger partial charge in [0.05, 0.1) is 0 Å². The fourth-order valence-corrected chi connectivity index (χ4v) is 2.36. The van der Waals surface area contributed by atoms with Gasteiger partial charge >= 0.3 is 0 Å². The van der Waals surface area contributed by atoms with Crippen LogP contribution in [0.4, 0.5) is 0 Å². The van der Waals surface area contributed by atoms with Crippen molar-refractivity contribution in [1.29, 1.82) is 0 Å². The number of aryl methyl sites for hydroxylation is 1. The molecule has 0 amide bonds. The molecule has 2 aromatic carbocycles. The van der Waals surface area contributed by atoms with Crippen LogP contribution in [0, 0.1) is 0 Å². The van der Waals surface area contributed by atoms with Crippen LogP contribution in [0.3, 0.4) is 0 Å². The number of benzene rings is 2. The van der Waals surface area contributed by atoms with Crippen molar-refractivity contribution in [2.45, 2.75) is 31.8 Å². The molecule has 0 spiro atoms. The van der Waals surface area contributed by atoms with E-state index >= 15 is 0 Å². The lowest BCUT2D eigenvalue weighted by Crippen LogP contribution is -2.35. The minimum Gasteiger partial charge on any atom is -0.329 e. The van der Waals surface area contributed by atoms with E-state index in [0.717, 1.165) is 19.4 Å². The fourth-order valence-electron chi connectivity index (χ4n) is 2.36. The highest BCUT2D eigenvalue weighted by Crippen LogP contribution is 2.07. The van der Waals surface area contributed by atoms with E-state index in [9.17, 15) is 0 Å². The molecule has 1 atom stereocenters. The van der Waals surface area contributed by atoms with Gasteiger partial charge in [-0.3, -0.25) is 0 Å². The Morgan fingerprint density at radius 3 is 2.05 bits per heavy atom. The Labute approximate surface area is 122 Å². The summed E-state index contributed by atoms with van der Waals surface area (Å²) in [6, 6.07) is 21.5. The maximum atomic E-state index is 5.85. The molecule has 0 aromatic heterocycles. The molecule has 3 N–H and O–H groups in total. The normalized spacial score (nSPS) is 12.2. The van der Waals surface area contributed by atoms with Crippen LogP contribution >= 0.6 is 0 Å². The number of rotatable bonds is 8. The molecule has 0 fully saturated rings. The first-order valence-corrected chi connectivity index (χ1v) is 7.40. The zero-order chi connectivity index (χ0) is 14.0. The van der Waals surface area contributed by atoms with Gasteiger partial charge < -0.3 is 11.1 Å². The molecule has 0 saturated carbocycles. The van der Waals surface area contributed by atoms with Crippen LogP contribution in [-0.2, 0) is 13.0 Å². The van der Waals surface area contributed by atoms with Crippen LogP contribution in [0.1, 0.15) is 24.0 Å². The third kappa shape index (κ3) is 5.16. The van der Waals surface area contributed by atoms with Gasteiger partial charge in [0.15, 0.2) is 0 Å². The lowest BCUT2D eigenvalue weighted by Gasteiger charge is -2.16. The smallest absolute Gasteiger partial charge is 0.0208 e. The molecule has 2 heteroatoms. The van der Waals surface area contributed by atoms with Gasteiger partial charge in [-0.15, -0.1) is 0 Å². The Balaban J connectivity index is 1.70. The van der Waals surface area contributed by atoms with Crippen molar-refractivity contribution in [3.05, 3.63) is 71.8 Å². The molecule has 2 aromatic rings. The first kappa shape index (κ1) is 14.8. The third-order valence-electron chi connectivity index (χ3n) is 3.58. The maximum Gasteiger partial charge on any atom is 0.0208 e. The second kappa shape index (κ2) is 8.51. The summed E-state index contributed by atoms with van der Waals surface area (Å²) in [7, 11) is 0. The average molecular weight is 268 g/mol. The Bertz CT molecular complexity index is 467. The topological polar surface area (TPSA) is 38.0 Å². The number of nitrogens with two attached hydrogens (primary N) is 1. The molecule has 0 saturated heterocycles. The lowest BCUT2D eigenvalue weighted by molar-refractivity contribution is 0.473. The lowest BCUT2D eigenvalue weighted by atomic mass is 10.0. The molecule has 20 heavy (non-hydrogen) atoms. The van der Waals surface area contributed by atoms with Crippen molar-refractivity contribution < 1.29 is 0 Å². The van der Waals surface area contributed by atoms with Crippen molar-refractivity contribution in [3.8, 4) is 0 Å². The van der Waals surface area contributed by atoms with E-state index in [4.69, 9.17) is 5.73 Å². The molecule has 2 nitrogen and oxygen atoms in total. The van der Waals surface area contributed by atoms with E-state index in [-0.39, 0.29) is 0 Å².